The van der Waals surface area contributed by atoms with Crippen molar-refractivity contribution < 1.29 is 4.74 Å². The van der Waals surface area contributed by atoms with E-state index in [1.165, 1.54) is 0 Å². The van der Waals surface area contributed by atoms with Crippen molar-refractivity contribution in [3.63, 3.8) is 0 Å². The lowest BCUT2D eigenvalue weighted by Gasteiger charge is -2.27. The monoisotopic (exact) mass is 389 g/mol. The summed E-state index contributed by atoms with van der Waals surface area (Å²) in [5.41, 5.74) is 14.7. The fourth-order valence-corrected chi connectivity index (χ4v) is 3.20. The Morgan fingerprint density at radius 3 is 2.57 bits per heavy atom. The number of anilines is 1. The second-order valence-electron chi connectivity index (χ2n) is 4.74. The minimum absolute atomic E-state index is 0.139. The molecule has 0 spiro atoms. The highest BCUT2D eigenvalue weighted by molar-refractivity contribution is 14.1. The van der Waals surface area contributed by atoms with Gasteiger partial charge in [0, 0.05) is 20.9 Å². The zero-order valence-corrected chi connectivity index (χ0v) is 13.2. The lowest BCUT2D eigenvalue weighted by atomic mass is 9.83. The third-order valence-corrected chi connectivity index (χ3v) is 4.44. The van der Waals surface area contributed by atoms with E-state index < -0.39 is 0 Å². The van der Waals surface area contributed by atoms with E-state index in [0.29, 0.717) is 17.0 Å². The highest BCUT2D eigenvalue weighted by Gasteiger charge is 2.31. The maximum atomic E-state index is 9.47. The predicted octanol–water partition coefficient (Wildman–Crippen LogP) is 3.09. The molecule has 104 valence electrons. The summed E-state index contributed by atoms with van der Waals surface area (Å²) in [7, 11) is 0. The van der Waals surface area contributed by atoms with E-state index in [1.54, 1.807) is 6.07 Å². The number of ether oxygens (including phenoxy) is 1. The Morgan fingerprint density at radius 2 is 1.86 bits per heavy atom. The fourth-order valence-electron chi connectivity index (χ4n) is 2.50. The van der Waals surface area contributed by atoms with Crippen LogP contribution in [-0.4, -0.2) is 0 Å². The van der Waals surface area contributed by atoms with Gasteiger partial charge >= 0.3 is 0 Å². The van der Waals surface area contributed by atoms with Crippen molar-refractivity contribution in [3.05, 3.63) is 68.6 Å². The SMILES string of the molecule is N#CC1=C(N)Oc2cc(N)ccc2[C@H]1c1ccccc1I. The summed E-state index contributed by atoms with van der Waals surface area (Å²) >= 11 is 2.26. The number of rotatable bonds is 1. The van der Waals surface area contributed by atoms with Crippen molar-refractivity contribution in [2.45, 2.75) is 5.92 Å². The molecule has 0 unspecified atom stereocenters. The van der Waals surface area contributed by atoms with Crippen LogP contribution in [0.15, 0.2) is 53.9 Å². The lowest BCUT2D eigenvalue weighted by Crippen LogP contribution is -2.21. The number of allylic oxidation sites excluding steroid dienone is 1. The molecule has 2 aromatic rings. The van der Waals surface area contributed by atoms with Gasteiger partial charge in [-0.25, -0.2) is 0 Å². The molecule has 0 amide bonds. The summed E-state index contributed by atoms with van der Waals surface area (Å²) in [6.07, 6.45) is 0. The molecular weight excluding hydrogens is 377 g/mol. The van der Waals surface area contributed by atoms with Crippen LogP contribution in [0.1, 0.15) is 17.0 Å². The van der Waals surface area contributed by atoms with Crippen molar-refractivity contribution in [3.8, 4) is 11.8 Å². The average Bonchev–Trinajstić information content (AvgIpc) is 2.46. The Hall–Kier alpha value is -2.20. The Kier molecular flexibility index (Phi) is 3.47. The van der Waals surface area contributed by atoms with Gasteiger partial charge in [0.2, 0.25) is 5.88 Å². The summed E-state index contributed by atoms with van der Waals surface area (Å²) in [6.45, 7) is 0. The van der Waals surface area contributed by atoms with Gasteiger partial charge in [0.1, 0.15) is 17.4 Å². The van der Waals surface area contributed by atoms with Crippen LogP contribution >= 0.6 is 22.6 Å². The maximum Gasteiger partial charge on any atom is 0.205 e. The van der Waals surface area contributed by atoms with Gasteiger partial charge in [-0.05, 0) is 40.3 Å². The van der Waals surface area contributed by atoms with E-state index in [2.05, 4.69) is 28.7 Å². The van der Waals surface area contributed by atoms with E-state index in [9.17, 15) is 5.26 Å². The van der Waals surface area contributed by atoms with Crippen LogP contribution in [-0.2, 0) is 0 Å². The Balaban J connectivity index is 2.27. The van der Waals surface area contributed by atoms with Gasteiger partial charge in [-0.1, -0.05) is 24.3 Å². The summed E-state index contributed by atoms with van der Waals surface area (Å²) in [5.74, 6) is 0.517. The first-order valence-electron chi connectivity index (χ1n) is 6.33. The molecule has 1 atom stereocenters. The fraction of sp³-hybridized carbons (Fsp3) is 0.0625. The third kappa shape index (κ3) is 2.32. The molecule has 2 aromatic carbocycles. The summed E-state index contributed by atoms with van der Waals surface area (Å²) < 4.78 is 6.63. The molecule has 0 saturated carbocycles. The van der Waals surface area contributed by atoms with E-state index in [4.69, 9.17) is 16.2 Å². The highest BCUT2D eigenvalue weighted by atomic mass is 127. The van der Waals surface area contributed by atoms with Crippen LogP contribution in [0.4, 0.5) is 5.69 Å². The topological polar surface area (TPSA) is 85.1 Å². The minimum atomic E-state index is -0.229. The van der Waals surface area contributed by atoms with Gasteiger partial charge in [-0.3, -0.25) is 0 Å². The van der Waals surface area contributed by atoms with Gasteiger partial charge in [0.15, 0.2) is 0 Å². The molecule has 0 bridgehead atoms. The van der Waals surface area contributed by atoms with Crippen LogP contribution in [0.25, 0.3) is 0 Å². The maximum absolute atomic E-state index is 9.47. The molecule has 5 heteroatoms. The van der Waals surface area contributed by atoms with Crippen LogP contribution in [0.5, 0.6) is 5.75 Å². The third-order valence-electron chi connectivity index (χ3n) is 3.46. The van der Waals surface area contributed by atoms with E-state index >= 15 is 0 Å². The number of hydrogen-bond donors (Lipinski definition) is 2. The molecular formula is C16H12IN3O. The van der Waals surface area contributed by atoms with E-state index in [0.717, 1.165) is 14.7 Å². The van der Waals surface area contributed by atoms with Gasteiger partial charge in [-0.15, -0.1) is 0 Å². The first-order valence-corrected chi connectivity index (χ1v) is 7.41. The summed E-state index contributed by atoms with van der Waals surface area (Å²) in [6, 6.07) is 15.5. The quantitative estimate of drug-likeness (QED) is 0.580. The van der Waals surface area contributed by atoms with Crippen LogP contribution in [0.2, 0.25) is 0 Å². The zero-order chi connectivity index (χ0) is 15.0. The van der Waals surface area contributed by atoms with E-state index in [-0.39, 0.29) is 11.8 Å². The smallest absolute Gasteiger partial charge is 0.205 e. The number of halogens is 1. The van der Waals surface area contributed by atoms with Crippen molar-refractivity contribution >= 4 is 28.3 Å². The van der Waals surface area contributed by atoms with Crippen LogP contribution < -0.4 is 16.2 Å². The number of nitrogens with zero attached hydrogens (tertiary/aromatic N) is 1. The first kappa shape index (κ1) is 13.8. The first-order chi connectivity index (χ1) is 10.1. The van der Waals surface area contributed by atoms with Crippen LogP contribution in [0, 0.1) is 14.9 Å². The van der Waals surface area contributed by atoms with Gasteiger partial charge in [-0.2, -0.15) is 5.26 Å². The van der Waals surface area contributed by atoms with Crippen molar-refractivity contribution in [2.24, 2.45) is 5.73 Å². The summed E-state index contributed by atoms with van der Waals surface area (Å²) in [4.78, 5) is 0. The Morgan fingerprint density at radius 1 is 1.10 bits per heavy atom. The predicted molar refractivity (Wildman–Crippen MR) is 89.3 cm³/mol. The zero-order valence-electron chi connectivity index (χ0n) is 11.0. The summed E-state index contributed by atoms with van der Waals surface area (Å²) in [5, 5.41) is 9.47. The van der Waals surface area contributed by atoms with Gasteiger partial charge in [0.05, 0.1) is 5.92 Å². The molecule has 4 N–H and O–H groups in total. The number of fused-ring (bicyclic) bond motifs is 1. The average molecular weight is 389 g/mol. The minimum Gasteiger partial charge on any atom is -0.440 e. The molecule has 0 radical (unpaired) electrons. The normalized spacial score (nSPS) is 16.9. The molecule has 0 fully saturated rings. The second-order valence-corrected chi connectivity index (χ2v) is 5.91. The molecule has 1 heterocycles. The number of nitriles is 1. The number of benzene rings is 2. The van der Waals surface area contributed by atoms with Crippen LogP contribution in [0.3, 0.4) is 0 Å². The largest absolute Gasteiger partial charge is 0.440 e. The number of nitrogen functional groups attached to an aromatic ring is 1. The van der Waals surface area contributed by atoms with Crippen molar-refractivity contribution in [2.75, 3.05) is 5.73 Å². The molecule has 1 aliphatic heterocycles. The molecule has 4 nitrogen and oxygen atoms in total. The van der Waals surface area contributed by atoms with Crippen molar-refractivity contribution in [1.82, 2.24) is 0 Å². The number of nitrogens with two attached hydrogens (primary N) is 2. The molecule has 1 aliphatic rings. The van der Waals surface area contributed by atoms with Gasteiger partial charge in [0.25, 0.3) is 0 Å². The lowest BCUT2D eigenvalue weighted by molar-refractivity contribution is 0.394. The highest BCUT2D eigenvalue weighted by Crippen LogP contribution is 2.43. The molecule has 0 aromatic heterocycles. The second kappa shape index (κ2) is 5.30. The standard InChI is InChI=1S/C16H12IN3O/c17-13-4-2-1-3-10(13)15-11-6-5-9(19)7-14(11)21-16(20)12(15)8-18/h1-7,15H,19-20H2/t15-/m1/s1. The Bertz CT molecular complexity index is 792. The molecule has 0 saturated heterocycles. The van der Waals surface area contributed by atoms with E-state index in [1.807, 2.05) is 36.4 Å². The Labute approximate surface area is 136 Å². The number of hydrogen-bond acceptors (Lipinski definition) is 4. The molecule has 21 heavy (non-hydrogen) atoms. The molecule has 0 aliphatic carbocycles. The van der Waals surface area contributed by atoms with Crippen molar-refractivity contribution in [1.29, 1.82) is 5.26 Å². The van der Waals surface area contributed by atoms with Gasteiger partial charge < -0.3 is 16.2 Å². The molecule has 3 rings (SSSR count).